The molecule has 1 amide bonds. The molecule has 0 saturated carbocycles. The lowest BCUT2D eigenvalue weighted by Crippen LogP contribution is -2.38. The Hall–Kier alpha value is -1.85. The Morgan fingerprint density at radius 2 is 1.96 bits per heavy atom. The molecule has 0 unspecified atom stereocenters. The number of nitrogens with zero attached hydrogens (tertiary/aromatic N) is 3. The van der Waals surface area contributed by atoms with Crippen molar-refractivity contribution in [2.45, 2.75) is 32.9 Å². The average Bonchev–Trinajstić information content (AvgIpc) is 2.90. The summed E-state index contributed by atoms with van der Waals surface area (Å²) in [6.45, 7) is 7.86. The van der Waals surface area contributed by atoms with Crippen molar-refractivity contribution in [3.05, 3.63) is 35.5 Å². The number of rotatable bonds is 6. The Labute approximate surface area is 143 Å². The van der Waals surface area contributed by atoms with Gasteiger partial charge in [-0.3, -0.25) is 4.79 Å². The van der Waals surface area contributed by atoms with Gasteiger partial charge < -0.3 is 19.5 Å². The molecule has 2 heterocycles. The van der Waals surface area contributed by atoms with Gasteiger partial charge in [-0.1, -0.05) is 32.0 Å². The SMILES string of the molecule is CCN(CC)C[C@@H](O)Cn1c2c(c3ccccc31)CCN(C)C2=O. The van der Waals surface area contributed by atoms with Gasteiger partial charge in [-0.15, -0.1) is 0 Å². The van der Waals surface area contributed by atoms with E-state index in [1.54, 1.807) is 4.90 Å². The number of carbonyl (C=O) groups is 1. The summed E-state index contributed by atoms with van der Waals surface area (Å²) in [6.07, 6.45) is 0.377. The summed E-state index contributed by atoms with van der Waals surface area (Å²) in [5, 5.41) is 11.7. The van der Waals surface area contributed by atoms with Gasteiger partial charge in [-0.05, 0) is 31.1 Å². The van der Waals surface area contributed by atoms with E-state index >= 15 is 0 Å². The van der Waals surface area contributed by atoms with Crippen molar-refractivity contribution >= 4 is 16.8 Å². The van der Waals surface area contributed by atoms with Crippen molar-refractivity contribution in [2.24, 2.45) is 0 Å². The molecular formula is C19H27N3O2. The Bertz CT molecular complexity index is 734. The number of para-hydroxylation sites is 1. The van der Waals surface area contributed by atoms with Crippen LogP contribution in [-0.4, -0.2) is 64.7 Å². The summed E-state index contributed by atoms with van der Waals surface area (Å²) in [5.41, 5.74) is 2.93. The topological polar surface area (TPSA) is 48.7 Å². The van der Waals surface area contributed by atoms with Crippen LogP contribution in [0.1, 0.15) is 29.9 Å². The second-order valence-electron chi connectivity index (χ2n) is 6.57. The van der Waals surface area contributed by atoms with Crippen LogP contribution in [0, 0.1) is 0 Å². The van der Waals surface area contributed by atoms with E-state index < -0.39 is 6.10 Å². The van der Waals surface area contributed by atoms with Gasteiger partial charge in [-0.2, -0.15) is 0 Å². The van der Waals surface area contributed by atoms with E-state index in [0.29, 0.717) is 13.1 Å². The molecule has 1 aliphatic heterocycles. The number of likely N-dealkylation sites (N-methyl/N-ethyl adjacent to an activating group) is 2. The van der Waals surface area contributed by atoms with Gasteiger partial charge in [0.1, 0.15) is 5.69 Å². The monoisotopic (exact) mass is 329 g/mol. The van der Waals surface area contributed by atoms with E-state index in [1.807, 2.05) is 29.8 Å². The van der Waals surface area contributed by atoms with Crippen molar-refractivity contribution < 1.29 is 9.90 Å². The van der Waals surface area contributed by atoms with E-state index in [-0.39, 0.29) is 5.91 Å². The molecule has 1 aromatic heterocycles. The Kier molecular flexibility index (Phi) is 4.92. The van der Waals surface area contributed by atoms with Crippen LogP contribution in [0.15, 0.2) is 24.3 Å². The summed E-state index contributed by atoms with van der Waals surface area (Å²) in [4.78, 5) is 16.7. The largest absolute Gasteiger partial charge is 0.390 e. The number of carbonyl (C=O) groups excluding carboxylic acids is 1. The summed E-state index contributed by atoms with van der Waals surface area (Å²) in [7, 11) is 1.85. The Morgan fingerprint density at radius 1 is 1.25 bits per heavy atom. The van der Waals surface area contributed by atoms with Crippen molar-refractivity contribution in [1.29, 1.82) is 0 Å². The van der Waals surface area contributed by atoms with Crippen LogP contribution in [0.5, 0.6) is 0 Å². The van der Waals surface area contributed by atoms with Crippen LogP contribution in [0.2, 0.25) is 0 Å². The molecule has 24 heavy (non-hydrogen) atoms. The molecule has 0 saturated heterocycles. The predicted molar refractivity (Wildman–Crippen MR) is 96.4 cm³/mol. The highest BCUT2D eigenvalue weighted by Gasteiger charge is 2.29. The van der Waals surface area contributed by atoms with E-state index in [9.17, 15) is 9.90 Å². The zero-order valence-corrected chi connectivity index (χ0v) is 14.8. The number of benzene rings is 1. The first-order valence-corrected chi connectivity index (χ1v) is 8.82. The van der Waals surface area contributed by atoms with Crippen LogP contribution in [0.25, 0.3) is 10.9 Å². The standard InChI is InChI=1S/C19H27N3O2/c1-4-21(5-2)12-14(23)13-22-17-9-7-6-8-15(17)16-10-11-20(3)19(24)18(16)22/h6-9,14,23H,4-5,10-13H2,1-3H3/t14-/m1/s1. The summed E-state index contributed by atoms with van der Waals surface area (Å²) >= 11 is 0. The fraction of sp³-hybridized carbons (Fsp3) is 0.526. The zero-order valence-electron chi connectivity index (χ0n) is 14.8. The quantitative estimate of drug-likeness (QED) is 0.881. The minimum absolute atomic E-state index is 0.0579. The molecule has 2 aromatic rings. The smallest absolute Gasteiger partial charge is 0.270 e. The molecule has 0 aliphatic carbocycles. The Morgan fingerprint density at radius 3 is 2.67 bits per heavy atom. The first kappa shape index (κ1) is 17.0. The third-order valence-corrected chi connectivity index (χ3v) is 5.08. The molecule has 5 heteroatoms. The van der Waals surface area contributed by atoms with Gasteiger partial charge in [0.2, 0.25) is 0 Å². The second-order valence-corrected chi connectivity index (χ2v) is 6.57. The number of hydrogen-bond donors (Lipinski definition) is 1. The van der Waals surface area contributed by atoms with Crippen molar-refractivity contribution in [3.63, 3.8) is 0 Å². The van der Waals surface area contributed by atoms with Crippen LogP contribution >= 0.6 is 0 Å². The highest BCUT2D eigenvalue weighted by molar-refractivity contribution is 6.02. The second kappa shape index (κ2) is 6.95. The lowest BCUT2D eigenvalue weighted by Gasteiger charge is -2.26. The normalized spacial score (nSPS) is 16.0. The number of hydrogen-bond acceptors (Lipinski definition) is 3. The average molecular weight is 329 g/mol. The molecule has 0 bridgehead atoms. The predicted octanol–water partition coefficient (Wildman–Crippen LogP) is 1.97. The molecule has 0 spiro atoms. The molecule has 130 valence electrons. The van der Waals surface area contributed by atoms with Crippen LogP contribution < -0.4 is 0 Å². The fourth-order valence-corrected chi connectivity index (χ4v) is 3.67. The van der Waals surface area contributed by atoms with Crippen molar-refractivity contribution in [2.75, 3.05) is 33.2 Å². The van der Waals surface area contributed by atoms with Gasteiger partial charge in [-0.25, -0.2) is 0 Å². The van der Waals surface area contributed by atoms with E-state index in [2.05, 4.69) is 24.8 Å². The lowest BCUT2D eigenvalue weighted by atomic mass is 10.0. The van der Waals surface area contributed by atoms with Gasteiger partial charge in [0, 0.05) is 31.0 Å². The molecule has 1 aliphatic rings. The Balaban J connectivity index is 1.99. The highest BCUT2D eigenvalue weighted by Crippen LogP contribution is 2.30. The van der Waals surface area contributed by atoms with Crippen molar-refractivity contribution in [3.8, 4) is 0 Å². The van der Waals surface area contributed by atoms with Crippen LogP contribution in [0.3, 0.4) is 0 Å². The molecule has 1 N–H and O–H groups in total. The van der Waals surface area contributed by atoms with Gasteiger partial charge in [0.25, 0.3) is 5.91 Å². The third kappa shape index (κ3) is 2.94. The molecule has 0 radical (unpaired) electrons. The molecule has 1 aromatic carbocycles. The minimum atomic E-state index is -0.496. The molecule has 3 rings (SSSR count). The van der Waals surface area contributed by atoms with Gasteiger partial charge in [0.05, 0.1) is 12.6 Å². The van der Waals surface area contributed by atoms with E-state index in [4.69, 9.17) is 0 Å². The van der Waals surface area contributed by atoms with Gasteiger partial charge in [0.15, 0.2) is 0 Å². The van der Waals surface area contributed by atoms with Crippen molar-refractivity contribution in [1.82, 2.24) is 14.4 Å². The number of fused-ring (bicyclic) bond motifs is 3. The maximum absolute atomic E-state index is 12.7. The highest BCUT2D eigenvalue weighted by atomic mass is 16.3. The first-order chi connectivity index (χ1) is 11.6. The molecule has 1 atom stereocenters. The summed E-state index contributed by atoms with van der Waals surface area (Å²) in [5.74, 6) is 0.0579. The maximum atomic E-state index is 12.7. The third-order valence-electron chi connectivity index (χ3n) is 5.08. The van der Waals surface area contributed by atoms with Crippen LogP contribution in [0.4, 0.5) is 0 Å². The molecular weight excluding hydrogens is 302 g/mol. The number of aliphatic hydroxyl groups is 1. The first-order valence-electron chi connectivity index (χ1n) is 8.82. The van der Waals surface area contributed by atoms with E-state index in [1.165, 1.54) is 0 Å². The zero-order chi connectivity index (χ0) is 17.3. The van der Waals surface area contributed by atoms with Crippen LogP contribution in [-0.2, 0) is 13.0 Å². The number of aromatic nitrogens is 1. The number of amides is 1. The van der Waals surface area contributed by atoms with E-state index in [0.717, 1.165) is 48.2 Å². The minimum Gasteiger partial charge on any atom is -0.390 e. The molecule has 0 fully saturated rings. The summed E-state index contributed by atoms with van der Waals surface area (Å²) < 4.78 is 2.02. The van der Waals surface area contributed by atoms with Gasteiger partial charge >= 0.3 is 0 Å². The molecule has 5 nitrogen and oxygen atoms in total. The number of aliphatic hydroxyl groups excluding tert-OH is 1. The summed E-state index contributed by atoms with van der Waals surface area (Å²) in [6, 6.07) is 8.14. The maximum Gasteiger partial charge on any atom is 0.270 e. The fourth-order valence-electron chi connectivity index (χ4n) is 3.67. The lowest BCUT2D eigenvalue weighted by molar-refractivity contribution is 0.0754.